The van der Waals surface area contributed by atoms with Gasteiger partial charge in [-0.05, 0) is 44.0 Å². The third kappa shape index (κ3) is 2.91. The summed E-state index contributed by atoms with van der Waals surface area (Å²) in [7, 11) is 0. The van der Waals surface area contributed by atoms with E-state index >= 15 is 0 Å². The summed E-state index contributed by atoms with van der Waals surface area (Å²) in [6, 6.07) is 12.1. The molecule has 0 unspecified atom stereocenters. The molecule has 0 spiro atoms. The number of carbonyl (C=O) groups excluding carboxylic acids is 1. The Labute approximate surface area is 143 Å². The molecule has 1 saturated carbocycles. The number of hydrogen-bond acceptors (Lipinski definition) is 4. The number of aromatic nitrogens is 1. The highest BCUT2D eigenvalue weighted by atomic mass is 32.1. The van der Waals surface area contributed by atoms with E-state index in [2.05, 4.69) is 23.3 Å². The number of hydrogen-bond donors (Lipinski definition) is 1. The minimum absolute atomic E-state index is 0.0307. The summed E-state index contributed by atoms with van der Waals surface area (Å²) in [6.45, 7) is 2.15. The molecule has 2 heterocycles. The van der Waals surface area contributed by atoms with Crippen molar-refractivity contribution in [3.05, 3.63) is 41.3 Å². The number of rotatable bonds is 3. The van der Waals surface area contributed by atoms with Gasteiger partial charge in [-0.25, -0.2) is 4.98 Å². The molecule has 1 aromatic carbocycles. The van der Waals surface area contributed by atoms with Crippen LogP contribution in [0.25, 0.3) is 20.1 Å². The molecule has 0 aliphatic heterocycles. The van der Waals surface area contributed by atoms with Crippen molar-refractivity contribution in [2.75, 3.05) is 0 Å². The lowest BCUT2D eigenvalue weighted by molar-refractivity contribution is 0.0912. The Morgan fingerprint density at radius 2 is 1.91 bits per heavy atom. The lowest BCUT2D eigenvalue weighted by atomic mass is 10.0. The number of fused-ring (bicyclic) bond motifs is 1. The number of nitrogens with one attached hydrogen (secondary N) is 1. The number of nitrogens with zero attached hydrogens (tertiary/aromatic N) is 1. The van der Waals surface area contributed by atoms with Crippen molar-refractivity contribution in [3.63, 3.8) is 0 Å². The molecule has 23 heavy (non-hydrogen) atoms. The first kappa shape index (κ1) is 14.8. The SMILES string of the molecule is CC1(NC(=O)c2ccc(-c3nc4ccccc4s3)s2)CCCC1. The van der Waals surface area contributed by atoms with Gasteiger partial charge in [0.25, 0.3) is 5.91 Å². The van der Waals surface area contributed by atoms with E-state index in [0.717, 1.165) is 33.1 Å². The lowest BCUT2D eigenvalue weighted by Crippen LogP contribution is -2.43. The fourth-order valence-corrected chi connectivity index (χ4v) is 5.09. The van der Waals surface area contributed by atoms with Crippen LogP contribution < -0.4 is 5.32 Å². The van der Waals surface area contributed by atoms with Crippen LogP contribution in [0.3, 0.4) is 0 Å². The van der Waals surface area contributed by atoms with E-state index < -0.39 is 0 Å². The summed E-state index contributed by atoms with van der Waals surface area (Å²) in [5.41, 5.74) is 0.988. The summed E-state index contributed by atoms with van der Waals surface area (Å²) in [5, 5.41) is 4.21. The van der Waals surface area contributed by atoms with Crippen LogP contribution in [-0.2, 0) is 0 Å². The number of para-hydroxylation sites is 1. The van der Waals surface area contributed by atoms with Gasteiger partial charge in [-0.1, -0.05) is 25.0 Å². The maximum atomic E-state index is 12.5. The number of thiazole rings is 1. The van der Waals surface area contributed by atoms with Crippen LogP contribution in [0.5, 0.6) is 0 Å². The maximum Gasteiger partial charge on any atom is 0.261 e. The van der Waals surface area contributed by atoms with Crippen LogP contribution in [0.2, 0.25) is 0 Å². The molecule has 0 saturated heterocycles. The molecule has 4 rings (SSSR count). The van der Waals surface area contributed by atoms with Gasteiger partial charge in [-0.2, -0.15) is 0 Å². The molecule has 1 amide bonds. The normalized spacial score (nSPS) is 16.7. The Morgan fingerprint density at radius 1 is 1.13 bits per heavy atom. The van der Waals surface area contributed by atoms with Crippen LogP contribution in [0.15, 0.2) is 36.4 Å². The first-order valence-electron chi connectivity index (χ1n) is 7.91. The second kappa shape index (κ2) is 5.73. The Kier molecular flexibility index (Phi) is 3.70. The fraction of sp³-hybridized carbons (Fsp3) is 0.333. The summed E-state index contributed by atoms with van der Waals surface area (Å²) in [4.78, 5) is 19.0. The predicted molar refractivity (Wildman–Crippen MR) is 97.3 cm³/mol. The fourth-order valence-electron chi connectivity index (χ4n) is 3.17. The highest BCUT2D eigenvalue weighted by Gasteiger charge is 2.30. The lowest BCUT2D eigenvalue weighted by Gasteiger charge is -2.24. The Hall–Kier alpha value is -1.72. The molecule has 118 valence electrons. The molecule has 1 N–H and O–H groups in total. The van der Waals surface area contributed by atoms with Gasteiger partial charge in [-0.15, -0.1) is 22.7 Å². The zero-order valence-electron chi connectivity index (χ0n) is 13.0. The van der Waals surface area contributed by atoms with Crippen molar-refractivity contribution < 1.29 is 4.79 Å². The third-order valence-electron chi connectivity index (χ3n) is 4.46. The zero-order valence-corrected chi connectivity index (χ0v) is 14.6. The first-order chi connectivity index (χ1) is 11.1. The third-order valence-corrected chi connectivity index (χ3v) is 6.75. The van der Waals surface area contributed by atoms with Gasteiger partial charge in [0, 0.05) is 5.54 Å². The van der Waals surface area contributed by atoms with Crippen LogP contribution in [0.4, 0.5) is 0 Å². The van der Waals surface area contributed by atoms with E-state index in [1.807, 2.05) is 30.3 Å². The van der Waals surface area contributed by atoms with Crippen LogP contribution >= 0.6 is 22.7 Å². The molecule has 0 bridgehead atoms. The molecule has 1 fully saturated rings. The zero-order chi connectivity index (χ0) is 15.9. The molecule has 0 atom stereocenters. The number of carbonyl (C=O) groups is 1. The monoisotopic (exact) mass is 342 g/mol. The second-order valence-corrected chi connectivity index (χ2v) is 8.49. The van der Waals surface area contributed by atoms with E-state index in [4.69, 9.17) is 0 Å². The number of benzene rings is 1. The van der Waals surface area contributed by atoms with Crippen LogP contribution in [0, 0.1) is 0 Å². The van der Waals surface area contributed by atoms with Crippen molar-refractivity contribution in [2.45, 2.75) is 38.1 Å². The van der Waals surface area contributed by atoms with Crippen molar-refractivity contribution in [3.8, 4) is 9.88 Å². The molecule has 2 aromatic heterocycles. The van der Waals surface area contributed by atoms with E-state index in [9.17, 15) is 4.79 Å². The molecule has 5 heteroatoms. The first-order valence-corrected chi connectivity index (χ1v) is 9.55. The minimum Gasteiger partial charge on any atom is -0.346 e. The Bertz CT molecular complexity index is 826. The van der Waals surface area contributed by atoms with Crippen molar-refractivity contribution in [2.24, 2.45) is 0 Å². The standard InChI is InChI=1S/C18H18N2OS2/c1-18(10-4-5-11-18)20-16(21)14-8-9-15(22-14)17-19-12-6-2-3-7-13(12)23-17/h2-3,6-9H,4-5,10-11H2,1H3,(H,20,21). The van der Waals surface area contributed by atoms with Gasteiger partial charge in [0.15, 0.2) is 0 Å². The summed E-state index contributed by atoms with van der Waals surface area (Å²) >= 11 is 3.20. The molecule has 1 aliphatic carbocycles. The predicted octanol–water partition coefficient (Wildman–Crippen LogP) is 5.09. The van der Waals surface area contributed by atoms with Gasteiger partial charge in [0.1, 0.15) is 5.01 Å². The average molecular weight is 342 g/mol. The molecule has 3 aromatic rings. The Balaban J connectivity index is 1.57. The topological polar surface area (TPSA) is 42.0 Å². The van der Waals surface area contributed by atoms with Crippen LogP contribution in [-0.4, -0.2) is 16.4 Å². The summed E-state index contributed by atoms with van der Waals surface area (Å²) in [5.74, 6) is 0.0479. The summed E-state index contributed by atoms with van der Waals surface area (Å²) in [6.07, 6.45) is 4.57. The van der Waals surface area contributed by atoms with E-state index in [1.54, 1.807) is 11.3 Å². The highest BCUT2D eigenvalue weighted by Crippen LogP contribution is 2.35. The number of amides is 1. The second-order valence-electron chi connectivity index (χ2n) is 6.37. The van der Waals surface area contributed by atoms with E-state index in [-0.39, 0.29) is 11.4 Å². The minimum atomic E-state index is -0.0307. The van der Waals surface area contributed by atoms with Crippen LogP contribution in [0.1, 0.15) is 42.3 Å². The largest absolute Gasteiger partial charge is 0.346 e. The van der Waals surface area contributed by atoms with Gasteiger partial charge >= 0.3 is 0 Å². The molecule has 1 aliphatic rings. The van der Waals surface area contributed by atoms with Crippen molar-refractivity contribution in [1.29, 1.82) is 0 Å². The van der Waals surface area contributed by atoms with Gasteiger partial charge < -0.3 is 5.32 Å². The van der Waals surface area contributed by atoms with E-state index in [1.165, 1.54) is 28.9 Å². The highest BCUT2D eigenvalue weighted by molar-refractivity contribution is 7.26. The Morgan fingerprint density at radius 3 is 2.70 bits per heavy atom. The maximum absolute atomic E-state index is 12.5. The molecule has 3 nitrogen and oxygen atoms in total. The van der Waals surface area contributed by atoms with Gasteiger partial charge in [-0.3, -0.25) is 4.79 Å². The number of thiophene rings is 1. The molecular formula is C18H18N2OS2. The van der Waals surface area contributed by atoms with Gasteiger partial charge in [0.2, 0.25) is 0 Å². The van der Waals surface area contributed by atoms with E-state index in [0.29, 0.717) is 0 Å². The van der Waals surface area contributed by atoms with Gasteiger partial charge in [0.05, 0.1) is 20.0 Å². The van der Waals surface area contributed by atoms with Crippen molar-refractivity contribution >= 4 is 38.8 Å². The molecule has 0 radical (unpaired) electrons. The smallest absolute Gasteiger partial charge is 0.261 e. The average Bonchev–Trinajstić information content (AvgIpc) is 3.25. The quantitative estimate of drug-likeness (QED) is 0.720. The molecular weight excluding hydrogens is 324 g/mol. The van der Waals surface area contributed by atoms with Crippen molar-refractivity contribution in [1.82, 2.24) is 10.3 Å². The summed E-state index contributed by atoms with van der Waals surface area (Å²) < 4.78 is 1.18.